The number of nitrogens with zero attached hydrogens (tertiary/aromatic N) is 1. The van der Waals surface area contributed by atoms with Gasteiger partial charge in [0.2, 0.25) is 5.91 Å². The minimum Gasteiger partial charge on any atom is -0.378 e. The number of anilines is 1. The fourth-order valence-electron chi connectivity index (χ4n) is 2.12. The molecule has 7 heteroatoms. The Bertz CT molecular complexity index is 604. The van der Waals surface area contributed by atoms with Gasteiger partial charge in [-0.1, -0.05) is 6.07 Å². The zero-order valence-electron chi connectivity index (χ0n) is 11.2. The molecule has 0 bridgehead atoms. The number of nitrogens with one attached hydrogen (secondary N) is 2. The Kier molecular flexibility index (Phi) is 6.84. The monoisotopic (exact) mass is 329 g/mol. The molecule has 1 aromatic carbocycles. The molecule has 1 fully saturated rings. The molecule has 3 rings (SSSR count). The summed E-state index contributed by atoms with van der Waals surface area (Å²) in [7, 11) is 0. The predicted molar refractivity (Wildman–Crippen MR) is 87.5 cm³/mol. The van der Waals surface area contributed by atoms with Crippen molar-refractivity contribution in [1.82, 2.24) is 10.3 Å². The van der Waals surface area contributed by atoms with Crippen LogP contribution >= 0.6 is 24.8 Å². The first-order chi connectivity index (χ1) is 9.33. The maximum atomic E-state index is 12.0. The fraction of sp³-hybridized carbons (Fsp3) is 0.286. The molecule has 5 nitrogen and oxygen atoms in total. The van der Waals surface area contributed by atoms with Crippen LogP contribution in [0.4, 0.5) is 5.69 Å². The maximum absolute atomic E-state index is 12.0. The second-order valence-corrected chi connectivity index (χ2v) is 4.48. The van der Waals surface area contributed by atoms with Crippen molar-refractivity contribution >= 4 is 47.3 Å². The van der Waals surface area contributed by atoms with E-state index in [4.69, 9.17) is 4.74 Å². The summed E-state index contributed by atoms with van der Waals surface area (Å²) in [5.74, 6) is -0.0667. The first kappa shape index (κ1) is 17.7. The van der Waals surface area contributed by atoms with Gasteiger partial charge in [0.1, 0.15) is 6.04 Å². The Labute approximate surface area is 135 Å². The van der Waals surface area contributed by atoms with Crippen LogP contribution < -0.4 is 10.6 Å². The molecule has 21 heavy (non-hydrogen) atoms. The first-order valence-corrected chi connectivity index (χ1v) is 6.30. The number of halogens is 2. The smallest absolute Gasteiger partial charge is 0.243 e. The van der Waals surface area contributed by atoms with Crippen molar-refractivity contribution in [3.05, 3.63) is 36.5 Å². The van der Waals surface area contributed by atoms with E-state index in [1.807, 2.05) is 30.3 Å². The summed E-state index contributed by atoms with van der Waals surface area (Å²) in [5.41, 5.74) is 1.69. The Balaban J connectivity index is 0.00000110. The molecule has 0 aliphatic carbocycles. The number of amides is 1. The van der Waals surface area contributed by atoms with E-state index in [1.54, 1.807) is 6.20 Å². The third-order valence-electron chi connectivity index (χ3n) is 3.11. The standard InChI is InChI=1S/C14H15N3O2.2ClH/c18-14(13-9-19-7-6-16-13)17-11-3-4-12-10(8-11)2-1-5-15-12;;/h1-5,8,13,16H,6-7,9H2,(H,17,18);2*1H. The van der Waals surface area contributed by atoms with E-state index in [-0.39, 0.29) is 36.8 Å². The second kappa shape index (κ2) is 8.14. The molecule has 1 aliphatic heterocycles. The Morgan fingerprint density at radius 1 is 1.33 bits per heavy atom. The maximum Gasteiger partial charge on any atom is 0.243 e. The molecule has 1 amide bonds. The molecule has 0 saturated carbocycles. The van der Waals surface area contributed by atoms with Crippen LogP contribution in [0.15, 0.2) is 36.5 Å². The van der Waals surface area contributed by atoms with Gasteiger partial charge < -0.3 is 15.4 Å². The lowest BCUT2D eigenvalue weighted by molar-refractivity contribution is -0.120. The Morgan fingerprint density at radius 2 is 2.19 bits per heavy atom. The number of morpholine rings is 1. The van der Waals surface area contributed by atoms with E-state index in [0.29, 0.717) is 19.8 Å². The van der Waals surface area contributed by atoms with Crippen molar-refractivity contribution < 1.29 is 9.53 Å². The number of ether oxygens (including phenoxy) is 1. The van der Waals surface area contributed by atoms with Gasteiger partial charge in [-0.25, -0.2) is 0 Å². The van der Waals surface area contributed by atoms with Gasteiger partial charge >= 0.3 is 0 Å². The zero-order valence-corrected chi connectivity index (χ0v) is 12.9. The molecular weight excluding hydrogens is 313 g/mol. The van der Waals surface area contributed by atoms with Crippen LogP contribution in [-0.4, -0.2) is 36.7 Å². The molecule has 1 aromatic heterocycles. The average Bonchev–Trinajstić information content (AvgIpc) is 2.48. The number of hydrogen-bond donors (Lipinski definition) is 2. The topological polar surface area (TPSA) is 63.2 Å². The molecule has 1 unspecified atom stereocenters. The lowest BCUT2D eigenvalue weighted by Crippen LogP contribution is -2.48. The molecule has 114 valence electrons. The highest BCUT2D eigenvalue weighted by Crippen LogP contribution is 2.17. The number of rotatable bonds is 2. The number of fused-ring (bicyclic) bond motifs is 1. The second-order valence-electron chi connectivity index (χ2n) is 4.48. The van der Waals surface area contributed by atoms with Crippen molar-refractivity contribution in [3.8, 4) is 0 Å². The van der Waals surface area contributed by atoms with E-state index in [2.05, 4.69) is 15.6 Å². The molecule has 2 N–H and O–H groups in total. The molecule has 1 saturated heterocycles. The van der Waals surface area contributed by atoms with Crippen LogP contribution in [0.25, 0.3) is 10.9 Å². The fourth-order valence-corrected chi connectivity index (χ4v) is 2.12. The molecule has 1 aliphatic rings. The summed E-state index contributed by atoms with van der Waals surface area (Å²) < 4.78 is 5.28. The lowest BCUT2D eigenvalue weighted by Gasteiger charge is -2.22. The highest BCUT2D eigenvalue weighted by molar-refractivity contribution is 5.96. The highest BCUT2D eigenvalue weighted by atomic mass is 35.5. The molecule has 0 radical (unpaired) electrons. The van der Waals surface area contributed by atoms with Gasteiger partial charge in [0.25, 0.3) is 0 Å². The van der Waals surface area contributed by atoms with Crippen LogP contribution in [0, 0.1) is 0 Å². The van der Waals surface area contributed by atoms with E-state index in [1.165, 1.54) is 0 Å². The van der Waals surface area contributed by atoms with Crippen molar-refractivity contribution in [2.75, 3.05) is 25.1 Å². The largest absolute Gasteiger partial charge is 0.378 e. The SMILES string of the molecule is Cl.Cl.O=C(Nc1ccc2ncccc2c1)C1COCCN1. The predicted octanol–water partition coefficient (Wildman–Crippen LogP) is 2.01. The summed E-state index contributed by atoms with van der Waals surface area (Å²) in [6, 6.07) is 9.25. The van der Waals surface area contributed by atoms with Crippen LogP contribution in [0.1, 0.15) is 0 Å². The van der Waals surface area contributed by atoms with Gasteiger partial charge in [0.15, 0.2) is 0 Å². The normalized spacial score (nSPS) is 17.4. The third kappa shape index (κ3) is 4.28. The average molecular weight is 330 g/mol. The van der Waals surface area contributed by atoms with E-state index in [9.17, 15) is 4.79 Å². The van der Waals surface area contributed by atoms with E-state index < -0.39 is 0 Å². The molecule has 2 aromatic rings. The van der Waals surface area contributed by atoms with Gasteiger partial charge in [-0.2, -0.15) is 0 Å². The van der Waals surface area contributed by atoms with Crippen LogP contribution in [0.2, 0.25) is 0 Å². The summed E-state index contributed by atoms with van der Waals surface area (Å²) in [4.78, 5) is 16.3. The zero-order chi connectivity index (χ0) is 13.1. The number of pyridine rings is 1. The van der Waals surface area contributed by atoms with Crippen molar-refractivity contribution in [1.29, 1.82) is 0 Å². The minimum atomic E-state index is -0.279. The van der Waals surface area contributed by atoms with Crippen molar-refractivity contribution in [2.45, 2.75) is 6.04 Å². The van der Waals surface area contributed by atoms with Gasteiger partial charge in [0.05, 0.1) is 18.7 Å². The van der Waals surface area contributed by atoms with Gasteiger partial charge in [-0.15, -0.1) is 24.8 Å². The van der Waals surface area contributed by atoms with Gasteiger partial charge in [-0.05, 0) is 24.3 Å². The third-order valence-corrected chi connectivity index (χ3v) is 3.11. The summed E-state index contributed by atoms with van der Waals surface area (Å²) in [6.07, 6.45) is 1.75. The quantitative estimate of drug-likeness (QED) is 0.884. The van der Waals surface area contributed by atoms with Crippen molar-refractivity contribution in [3.63, 3.8) is 0 Å². The molecule has 0 spiro atoms. The van der Waals surface area contributed by atoms with Crippen LogP contribution in [0.3, 0.4) is 0 Å². The highest BCUT2D eigenvalue weighted by Gasteiger charge is 2.21. The number of carbonyl (C=O) groups is 1. The molecule has 1 atom stereocenters. The summed E-state index contributed by atoms with van der Waals surface area (Å²) in [6.45, 7) is 1.78. The summed E-state index contributed by atoms with van der Waals surface area (Å²) >= 11 is 0. The number of benzene rings is 1. The Morgan fingerprint density at radius 3 is 2.95 bits per heavy atom. The number of hydrogen-bond acceptors (Lipinski definition) is 4. The van der Waals surface area contributed by atoms with E-state index in [0.717, 1.165) is 16.6 Å². The van der Waals surface area contributed by atoms with Gasteiger partial charge in [0, 0.05) is 23.8 Å². The van der Waals surface area contributed by atoms with Crippen LogP contribution in [0.5, 0.6) is 0 Å². The Hall–Kier alpha value is -1.40. The molecule has 2 heterocycles. The number of aromatic nitrogens is 1. The molecular formula is C14H17Cl2N3O2. The number of carbonyl (C=O) groups excluding carboxylic acids is 1. The van der Waals surface area contributed by atoms with E-state index >= 15 is 0 Å². The van der Waals surface area contributed by atoms with Gasteiger partial charge in [-0.3, -0.25) is 9.78 Å². The first-order valence-electron chi connectivity index (χ1n) is 6.30. The van der Waals surface area contributed by atoms with Crippen molar-refractivity contribution in [2.24, 2.45) is 0 Å². The lowest BCUT2D eigenvalue weighted by atomic mass is 10.2. The van der Waals surface area contributed by atoms with Crippen LogP contribution in [-0.2, 0) is 9.53 Å². The summed E-state index contributed by atoms with van der Waals surface area (Å²) in [5, 5.41) is 7.03. The minimum absolute atomic E-state index is 0.